The van der Waals surface area contributed by atoms with Gasteiger partial charge in [0, 0.05) is 0 Å². The number of carbonyl (C=O) groups is 1. The van der Waals surface area contributed by atoms with Gasteiger partial charge in [-0.05, 0) is 35.2 Å². The summed E-state index contributed by atoms with van der Waals surface area (Å²) in [6.45, 7) is 0.364. The van der Waals surface area contributed by atoms with E-state index in [9.17, 15) is 27.9 Å². The van der Waals surface area contributed by atoms with Crippen molar-refractivity contribution in [1.29, 1.82) is 0 Å². The highest BCUT2D eigenvalue weighted by Crippen LogP contribution is 2.32. The first-order valence-corrected chi connectivity index (χ1v) is 8.04. The summed E-state index contributed by atoms with van der Waals surface area (Å²) >= 11 is 1.20. The van der Waals surface area contributed by atoms with Crippen molar-refractivity contribution < 1.29 is 23.1 Å². The maximum atomic E-state index is 12.8. The Hall–Kier alpha value is -2.45. The summed E-state index contributed by atoms with van der Waals surface area (Å²) in [4.78, 5) is 24.7. The number of thiophene rings is 1. The fourth-order valence-corrected chi connectivity index (χ4v) is 3.20. The van der Waals surface area contributed by atoms with Gasteiger partial charge in [0.1, 0.15) is 0 Å². The maximum absolute atomic E-state index is 12.8. The van der Waals surface area contributed by atoms with E-state index in [1.807, 2.05) is 5.32 Å². The molecule has 0 saturated carbocycles. The molecule has 130 valence electrons. The van der Waals surface area contributed by atoms with Crippen molar-refractivity contribution in [2.24, 2.45) is 0 Å². The SMILES string of the molecule is CC(O)(C(=O)Nc1cccc2ccc3ccsc3c(=O)c12)C(F)(F)F. The number of benzene rings is 1. The number of aliphatic hydroxyl groups is 1. The molecule has 2 aromatic carbocycles. The molecule has 1 unspecified atom stereocenters. The molecule has 1 amide bonds. The minimum absolute atomic E-state index is 0.0806. The zero-order chi connectivity index (χ0) is 18.4. The summed E-state index contributed by atoms with van der Waals surface area (Å²) in [7, 11) is 0. The van der Waals surface area contributed by atoms with Crippen LogP contribution >= 0.6 is 11.3 Å². The number of nitrogens with one attached hydrogen (secondary N) is 1. The Labute approximate surface area is 143 Å². The summed E-state index contributed by atoms with van der Waals surface area (Å²) in [5.41, 5.74) is -4.05. The number of alkyl halides is 3. The molecule has 1 atom stereocenters. The number of hydrogen-bond donors (Lipinski definition) is 2. The molecule has 1 aromatic heterocycles. The number of anilines is 1. The summed E-state index contributed by atoms with van der Waals surface area (Å²) in [5, 5.41) is 14.5. The molecular weight excluding hydrogens is 355 g/mol. The van der Waals surface area contributed by atoms with Gasteiger partial charge in [-0.1, -0.05) is 24.3 Å². The predicted molar refractivity (Wildman–Crippen MR) is 90.9 cm³/mol. The van der Waals surface area contributed by atoms with Gasteiger partial charge in [-0.15, -0.1) is 11.3 Å². The van der Waals surface area contributed by atoms with Crippen LogP contribution in [0.1, 0.15) is 6.92 Å². The van der Waals surface area contributed by atoms with Crippen molar-refractivity contribution in [2.75, 3.05) is 5.32 Å². The molecule has 0 radical (unpaired) electrons. The highest BCUT2D eigenvalue weighted by molar-refractivity contribution is 7.17. The van der Waals surface area contributed by atoms with Crippen molar-refractivity contribution in [3.8, 4) is 0 Å². The molecule has 4 nitrogen and oxygen atoms in total. The normalized spacial score (nSPS) is 14.4. The number of hydrogen-bond acceptors (Lipinski definition) is 4. The number of fused-ring (bicyclic) bond motifs is 2. The smallest absolute Gasteiger partial charge is 0.373 e. The molecule has 3 rings (SSSR count). The van der Waals surface area contributed by atoms with Crippen LogP contribution in [-0.4, -0.2) is 22.8 Å². The molecule has 0 bridgehead atoms. The van der Waals surface area contributed by atoms with Gasteiger partial charge in [-0.25, -0.2) is 0 Å². The first-order valence-electron chi connectivity index (χ1n) is 7.17. The minimum Gasteiger partial charge on any atom is -0.373 e. The Morgan fingerprint density at radius 3 is 2.48 bits per heavy atom. The van der Waals surface area contributed by atoms with Gasteiger partial charge in [0.15, 0.2) is 0 Å². The third-order valence-corrected chi connectivity index (χ3v) is 4.84. The van der Waals surface area contributed by atoms with E-state index in [0.717, 1.165) is 0 Å². The van der Waals surface area contributed by atoms with E-state index >= 15 is 0 Å². The standard InChI is InChI=1S/C17H12F3NO3S/c1-16(24,17(18,19)20)15(23)21-11-4-2-3-9-5-6-10-7-8-25-14(10)13(22)12(9)11/h2-8,24H,1H3,(H,21,23). The van der Waals surface area contributed by atoms with Gasteiger partial charge in [-0.3, -0.25) is 9.59 Å². The fraction of sp³-hybridized carbons (Fsp3) is 0.176. The number of halogens is 3. The van der Waals surface area contributed by atoms with Gasteiger partial charge in [0.2, 0.25) is 11.0 Å². The van der Waals surface area contributed by atoms with E-state index in [-0.39, 0.29) is 11.1 Å². The lowest BCUT2D eigenvalue weighted by molar-refractivity contribution is -0.242. The third-order valence-electron chi connectivity index (χ3n) is 3.91. The van der Waals surface area contributed by atoms with E-state index in [2.05, 4.69) is 0 Å². The largest absolute Gasteiger partial charge is 0.426 e. The minimum atomic E-state index is -5.15. The lowest BCUT2D eigenvalue weighted by atomic mass is 10.0. The third kappa shape index (κ3) is 2.87. The predicted octanol–water partition coefficient (Wildman–Crippen LogP) is 3.67. The van der Waals surface area contributed by atoms with E-state index in [1.165, 1.54) is 23.5 Å². The van der Waals surface area contributed by atoms with Crippen LogP contribution in [0.5, 0.6) is 0 Å². The van der Waals surface area contributed by atoms with Crippen molar-refractivity contribution in [2.45, 2.75) is 18.7 Å². The van der Waals surface area contributed by atoms with Crippen molar-refractivity contribution in [3.05, 3.63) is 52.0 Å². The van der Waals surface area contributed by atoms with Crippen LogP contribution in [0.25, 0.3) is 20.9 Å². The van der Waals surface area contributed by atoms with Gasteiger partial charge < -0.3 is 10.4 Å². The number of rotatable bonds is 2. The van der Waals surface area contributed by atoms with Gasteiger partial charge >= 0.3 is 6.18 Å². The fourth-order valence-electron chi connectivity index (χ4n) is 2.37. The quantitative estimate of drug-likeness (QED) is 0.726. The second kappa shape index (κ2) is 5.82. The number of carbonyl (C=O) groups excluding carboxylic acids is 1. The van der Waals surface area contributed by atoms with Crippen LogP contribution in [0.15, 0.2) is 46.6 Å². The summed E-state index contributed by atoms with van der Waals surface area (Å²) < 4.78 is 38.9. The van der Waals surface area contributed by atoms with Crippen LogP contribution in [-0.2, 0) is 4.79 Å². The molecule has 0 fully saturated rings. The Balaban J connectivity index is 2.19. The second-order valence-electron chi connectivity index (χ2n) is 5.66. The van der Waals surface area contributed by atoms with Crippen LogP contribution < -0.4 is 10.7 Å². The molecule has 0 aliphatic rings. The average molecular weight is 367 g/mol. The Morgan fingerprint density at radius 2 is 1.80 bits per heavy atom. The summed E-state index contributed by atoms with van der Waals surface area (Å²) in [5.74, 6) is -1.65. The zero-order valence-electron chi connectivity index (χ0n) is 12.8. The van der Waals surface area contributed by atoms with Crippen molar-refractivity contribution in [1.82, 2.24) is 0 Å². The highest BCUT2D eigenvalue weighted by atomic mass is 32.1. The lowest BCUT2D eigenvalue weighted by Crippen LogP contribution is -2.52. The summed E-state index contributed by atoms with van der Waals surface area (Å²) in [6, 6.07) is 9.60. The molecule has 1 heterocycles. The van der Waals surface area contributed by atoms with E-state index in [1.54, 1.807) is 29.6 Å². The van der Waals surface area contributed by atoms with Crippen LogP contribution in [0, 0.1) is 0 Å². The van der Waals surface area contributed by atoms with Crippen LogP contribution in [0.3, 0.4) is 0 Å². The summed E-state index contributed by atoms with van der Waals surface area (Å²) in [6.07, 6.45) is -5.15. The van der Waals surface area contributed by atoms with Crippen molar-refractivity contribution >= 4 is 43.8 Å². The second-order valence-corrected chi connectivity index (χ2v) is 6.58. The van der Waals surface area contributed by atoms with Gasteiger partial charge in [0.05, 0.1) is 15.8 Å². The average Bonchev–Trinajstić information content (AvgIpc) is 2.95. The van der Waals surface area contributed by atoms with E-state index in [0.29, 0.717) is 22.4 Å². The molecular formula is C17H12F3NO3S. The van der Waals surface area contributed by atoms with E-state index < -0.39 is 23.1 Å². The van der Waals surface area contributed by atoms with Gasteiger partial charge in [0.25, 0.3) is 5.91 Å². The molecule has 0 saturated heterocycles. The molecule has 8 heteroatoms. The molecule has 0 aliphatic heterocycles. The van der Waals surface area contributed by atoms with Crippen molar-refractivity contribution in [3.63, 3.8) is 0 Å². The lowest BCUT2D eigenvalue weighted by Gasteiger charge is -2.25. The molecule has 0 spiro atoms. The molecule has 25 heavy (non-hydrogen) atoms. The van der Waals surface area contributed by atoms with Crippen LogP contribution in [0.4, 0.5) is 18.9 Å². The molecule has 3 aromatic rings. The molecule has 0 aliphatic carbocycles. The Morgan fingerprint density at radius 1 is 1.12 bits per heavy atom. The topological polar surface area (TPSA) is 66.4 Å². The van der Waals surface area contributed by atoms with Gasteiger partial charge in [-0.2, -0.15) is 13.2 Å². The highest BCUT2D eigenvalue weighted by Gasteiger charge is 2.55. The molecule has 2 N–H and O–H groups in total. The maximum Gasteiger partial charge on any atom is 0.426 e. The van der Waals surface area contributed by atoms with Crippen LogP contribution in [0.2, 0.25) is 0 Å². The first kappa shape index (κ1) is 17.4. The monoisotopic (exact) mass is 367 g/mol. The zero-order valence-corrected chi connectivity index (χ0v) is 13.7. The Bertz CT molecular complexity index is 1040. The van der Waals surface area contributed by atoms with E-state index in [4.69, 9.17) is 0 Å². The Kier molecular flexibility index (Phi) is 4.04. The first-order chi connectivity index (χ1) is 11.6. The number of amides is 1.